The monoisotopic (exact) mass is 490 g/mol. The van der Waals surface area contributed by atoms with Gasteiger partial charge in [0.1, 0.15) is 5.82 Å². The molecule has 2 unspecified atom stereocenters. The van der Waals surface area contributed by atoms with E-state index in [1.165, 1.54) is 24.9 Å². The van der Waals surface area contributed by atoms with Gasteiger partial charge in [-0.3, -0.25) is 14.6 Å². The second kappa shape index (κ2) is 10.1. The molecule has 4 heterocycles. The number of hydrogen-bond donors (Lipinski definition) is 0. The van der Waals surface area contributed by atoms with Crippen molar-refractivity contribution in [1.29, 1.82) is 0 Å². The molecule has 6 heteroatoms. The highest BCUT2D eigenvalue weighted by Crippen LogP contribution is 2.37. The van der Waals surface area contributed by atoms with Crippen LogP contribution in [0.4, 0.5) is 15.8 Å². The van der Waals surface area contributed by atoms with Gasteiger partial charge in [0, 0.05) is 50.5 Å². The van der Waals surface area contributed by atoms with Crippen LogP contribution >= 0.6 is 0 Å². The molecule has 0 radical (unpaired) electrons. The van der Waals surface area contributed by atoms with E-state index >= 15 is 4.39 Å². The fraction of sp³-hybridized carbons (Fsp3) is 0.567. The van der Waals surface area contributed by atoms with Crippen LogP contribution < -0.4 is 9.80 Å². The van der Waals surface area contributed by atoms with Crippen LogP contribution in [-0.4, -0.2) is 67.1 Å². The molecule has 36 heavy (non-hydrogen) atoms. The first-order chi connectivity index (χ1) is 17.6. The van der Waals surface area contributed by atoms with Gasteiger partial charge in [-0.15, -0.1) is 0 Å². The van der Waals surface area contributed by atoms with Gasteiger partial charge in [-0.25, -0.2) is 4.39 Å². The van der Waals surface area contributed by atoms with Crippen LogP contribution in [0, 0.1) is 17.7 Å². The predicted molar refractivity (Wildman–Crippen MR) is 143 cm³/mol. The number of nitrogens with zero attached hydrogens (tertiary/aromatic N) is 4. The predicted octanol–water partition coefficient (Wildman–Crippen LogP) is 4.76. The fourth-order valence-electron chi connectivity index (χ4n) is 7.18. The first kappa shape index (κ1) is 23.9. The van der Waals surface area contributed by atoms with Gasteiger partial charge in [0.15, 0.2) is 0 Å². The Kier molecular flexibility index (Phi) is 6.74. The number of hydrogen-bond acceptors (Lipinski definition) is 4. The summed E-state index contributed by atoms with van der Waals surface area (Å²) in [5.41, 5.74) is 2.67. The van der Waals surface area contributed by atoms with E-state index in [-0.39, 0.29) is 17.6 Å². The minimum Gasteiger partial charge on any atom is -0.370 e. The number of benzene rings is 2. The lowest BCUT2D eigenvalue weighted by molar-refractivity contribution is -0.128. The first-order valence-corrected chi connectivity index (χ1v) is 13.9. The molecule has 0 aliphatic carbocycles. The lowest BCUT2D eigenvalue weighted by Crippen LogP contribution is -2.53. The maximum Gasteiger partial charge on any atom is 0.231 e. The Balaban J connectivity index is 1.12. The summed E-state index contributed by atoms with van der Waals surface area (Å²) in [6.45, 7) is 8.73. The quantitative estimate of drug-likeness (QED) is 0.604. The molecule has 4 aliphatic rings. The maximum absolute atomic E-state index is 15.5. The van der Waals surface area contributed by atoms with E-state index < -0.39 is 0 Å². The average molecular weight is 491 g/mol. The number of fused-ring (bicyclic) bond motifs is 1. The highest BCUT2D eigenvalue weighted by Gasteiger charge is 2.41. The van der Waals surface area contributed by atoms with Crippen molar-refractivity contribution in [2.45, 2.75) is 57.7 Å². The first-order valence-electron chi connectivity index (χ1n) is 13.9. The van der Waals surface area contributed by atoms with Gasteiger partial charge in [0.25, 0.3) is 0 Å². The topological polar surface area (TPSA) is 30.0 Å². The molecule has 0 aromatic heterocycles. The number of amides is 1. The number of piperidine rings is 2. The maximum atomic E-state index is 15.5. The molecule has 192 valence electrons. The van der Waals surface area contributed by atoms with Gasteiger partial charge < -0.3 is 9.80 Å². The Hall–Kier alpha value is -2.44. The van der Waals surface area contributed by atoms with E-state index in [9.17, 15) is 4.79 Å². The van der Waals surface area contributed by atoms with Crippen LogP contribution in [0.25, 0.3) is 0 Å². The SMILES string of the molecule is C[C@H]1CCCN1[C@H]1CCN(c2ccc(N3CCC4CCN(Cc5ccccc5)CC4C3=O)c(F)c2)C1. The minimum absolute atomic E-state index is 0.0444. The van der Waals surface area contributed by atoms with E-state index in [2.05, 4.69) is 45.9 Å². The molecule has 0 saturated carbocycles. The Labute approximate surface area is 214 Å². The molecular formula is C30H39FN4O. The zero-order valence-electron chi connectivity index (χ0n) is 21.5. The summed E-state index contributed by atoms with van der Waals surface area (Å²) in [5, 5.41) is 0. The average Bonchev–Trinajstić information content (AvgIpc) is 3.55. The van der Waals surface area contributed by atoms with Gasteiger partial charge in [-0.1, -0.05) is 30.3 Å². The molecule has 1 amide bonds. The summed E-state index contributed by atoms with van der Waals surface area (Å²) in [7, 11) is 0. The van der Waals surface area contributed by atoms with Crippen molar-refractivity contribution in [3.8, 4) is 0 Å². The number of rotatable bonds is 5. The highest BCUT2D eigenvalue weighted by atomic mass is 19.1. The Morgan fingerprint density at radius 1 is 0.917 bits per heavy atom. The van der Waals surface area contributed by atoms with Crippen LogP contribution in [0.5, 0.6) is 0 Å². The summed E-state index contributed by atoms with van der Waals surface area (Å²) >= 11 is 0. The minimum atomic E-state index is -0.269. The fourth-order valence-corrected chi connectivity index (χ4v) is 7.18. The molecular weight excluding hydrogens is 451 g/mol. The molecule has 0 N–H and O–H groups in total. The number of halogens is 1. The summed E-state index contributed by atoms with van der Waals surface area (Å²) in [6, 6.07) is 17.2. The van der Waals surface area contributed by atoms with Crippen molar-refractivity contribution in [2.75, 3.05) is 49.1 Å². The molecule has 0 bridgehead atoms. The number of carbonyl (C=O) groups excluding carboxylic acids is 1. The second-order valence-corrected chi connectivity index (χ2v) is 11.4. The Bertz CT molecular complexity index is 1080. The normalized spacial score (nSPS) is 29.7. The molecule has 2 aromatic carbocycles. The van der Waals surface area contributed by atoms with Crippen LogP contribution in [0.2, 0.25) is 0 Å². The van der Waals surface area contributed by atoms with Gasteiger partial charge >= 0.3 is 0 Å². The zero-order chi connectivity index (χ0) is 24.6. The Morgan fingerprint density at radius 3 is 2.53 bits per heavy atom. The molecule has 5 nitrogen and oxygen atoms in total. The standard InChI is InChI=1S/C30H39FN4O/c1-22-6-5-14-34(22)26-13-16-33(20-26)25-9-10-29(28(31)18-25)35-17-12-24-11-15-32(21-27(24)30(35)36)19-23-7-3-2-4-8-23/h2-4,7-10,18,22,24,26-27H,5-6,11-17,19-21H2,1H3/t22-,24?,26-,27?/m0/s1. The number of anilines is 2. The largest absolute Gasteiger partial charge is 0.370 e. The van der Waals surface area contributed by atoms with E-state index in [1.54, 1.807) is 11.0 Å². The summed E-state index contributed by atoms with van der Waals surface area (Å²) in [5.74, 6) is 0.198. The lowest BCUT2D eigenvalue weighted by atomic mass is 9.79. The van der Waals surface area contributed by atoms with Crippen LogP contribution in [0.1, 0.15) is 44.6 Å². The van der Waals surface area contributed by atoms with Gasteiger partial charge in [-0.05, 0) is 81.8 Å². The van der Waals surface area contributed by atoms with E-state index in [4.69, 9.17) is 0 Å². The third-order valence-corrected chi connectivity index (χ3v) is 9.22. The molecule has 0 spiro atoms. The van der Waals surface area contributed by atoms with Crippen molar-refractivity contribution in [2.24, 2.45) is 11.8 Å². The van der Waals surface area contributed by atoms with Gasteiger partial charge in [0.05, 0.1) is 11.6 Å². The van der Waals surface area contributed by atoms with Crippen molar-refractivity contribution >= 4 is 17.3 Å². The van der Waals surface area contributed by atoms with Crippen molar-refractivity contribution in [3.63, 3.8) is 0 Å². The van der Waals surface area contributed by atoms with Crippen molar-refractivity contribution in [1.82, 2.24) is 9.80 Å². The summed E-state index contributed by atoms with van der Waals surface area (Å²) in [4.78, 5) is 22.7. The number of carbonyl (C=O) groups is 1. The highest BCUT2D eigenvalue weighted by molar-refractivity contribution is 5.96. The molecule has 4 fully saturated rings. The van der Waals surface area contributed by atoms with Gasteiger partial charge in [0.2, 0.25) is 5.91 Å². The van der Waals surface area contributed by atoms with E-state index in [0.717, 1.165) is 57.7 Å². The molecule has 2 aromatic rings. The van der Waals surface area contributed by atoms with Crippen LogP contribution in [-0.2, 0) is 11.3 Å². The van der Waals surface area contributed by atoms with Gasteiger partial charge in [-0.2, -0.15) is 0 Å². The van der Waals surface area contributed by atoms with Crippen molar-refractivity contribution in [3.05, 3.63) is 59.9 Å². The van der Waals surface area contributed by atoms with E-state index in [0.29, 0.717) is 30.2 Å². The number of likely N-dealkylation sites (tertiary alicyclic amines) is 2. The van der Waals surface area contributed by atoms with Crippen molar-refractivity contribution < 1.29 is 9.18 Å². The zero-order valence-corrected chi connectivity index (χ0v) is 21.5. The summed E-state index contributed by atoms with van der Waals surface area (Å²) < 4.78 is 15.5. The Morgan fingerprint density at radius 2 is 1.75 bits per heavy atom. The van der Waals surface area contributed by atoms with Crippen LogP contribution in [0.3, 0.4) is 0 Å². The smallest absolute Gasteiger partial charge is 0.231 e. The third-order valence-electron chi connectivity index (χ3n) is 9.22. The summed E-state index contributed by atoms with van der Waals surface area (Å²) in [6.07, 6.45) is 5.72. The molecule has 4 atom stereocenters. The second-order valence-electron chi connectivity index (χ2n) is 11.4. The molecule has 6 rings (SSSR count). The lowest BCUT2D eigenvalue weighted by Gasteiger charge is -2.44. The van der Waals surface area contributed by atoms with Crippen LogP contribution in [0.15, 0.2) is 48.5 Å². The molecule has 4 saturated heterocycles. The van der Waals surface area contributed by atoms with E-state index in [1.807, 2.05) is 18.2 Å². The third kappa shape index (κ3) is 4.66. The molecule has 4 aliphatic heterocycles.